The van der Waals surface area contributed by atoms with Gasteiger partial charge in [0.2, 0.25) is 5.95 Å². The average molecular weight is 269 g/mol. The fraction of sp³-hybridized carbons (Fsp3) is 0.182. The Kier molecular flexibility index (Phi) is 4.32. The highest BCUT2D eigenvalue weighted by Gasteiger charge is 2.32. The fourth-order valence-electron chi connectivity index (χ4n) is 1.25. The van der Waals surface area contributed by atoms with Crippen LogP contribution in [0.3, 0.4) is 0 Å². The minimum absolute atomic E-state index is 0.139. The zero-order chi connectivity index (χ0) is 14.6. The van der Waals surface area contributed by atoms with Crippen LogP contribution in [0.4, 0.5) is 13.2 Å². The van der Waals surface area contributed by atoms with E-state index in [0.29, 0.717) is 0 Å². The Morgan fingerprint density at radius 3 is 2.42 bits per heavy atom. The van der Waals surface area contributed by atoms with Gasteiger partial charge in [-0.3, -0.25) is 0 Å². The van der Waals surface area contributed by atoms with E-state index in [9.17, 15) is 18.0 Å². The molecule has 1 aliphatic rings. The van der Waals surface area contributed by atoms with Crippen molar-refractivity contribution in [3.63, 3.8) is 0 Å². The number of esters is 1. The molecule has 1 N–H and O–H groups in total. The van der Waals surface area contributed by atoms with Gasteiger partial charge in [0.05, 0.1) is 12.2 Å². The van der Waals surface area contributed by atoms with Crippen molar-refractivity contribution in [1.29, 1.82) is 10.5 Å². The smallest absolute Gasteiger partial charge is 0.349 e. The molecule has 5 nitrogen and oxygen atoms in total. The molecule has 0 saturated heterocycles. The molecule has 0 aromatic carbocycles. The number of ether oxygens (including phenoxy) is 1. The van der Waals surface area contributed by atoms with Crippen molar-refractivity contribution in [2.45, 2.75) is 6.92 Å². The maximum absolute atomic E-state index is 13.7. The van der Waals surface area contributed by atoms with E-state index in [4.69, 9.17) is 10.5 Å². The summed E-state index contributed by atoms with van der Waals surface area (Å²) in [5.74, 6) is -6.28. The van der Waals surface area contributed by atoms with Crippen molar-refractivity contribution >= 4 is 5.97 Å². The molecule has 8 heteroatoms. The van der Waals surface area contributed by atoms with Crippen LogP contribution in [0.2, 0.25) is 0 Å². The predicted octanol–water partition coefficient (Wildman–Crippen LogP) is 1.79. The number of hydrogen-bond acceptors (Lipinski definition) is 5. The first-order chi connectivity index (χ1) is 8.97. The number of rotatable bonds is 2. The number of nitriles is 2. The Morgan fingerprint density at radius 2 is 1.95 bits per heavy atom. The molecule has 1 aliphatic heterocycles. The normalized spacial score (nSPS) is 17.4. The molecule has 0 aromatic rings. The van der Waals surface area contributed by atoms with Crippen LogP contribution in [-0.2, 0) is 9.53 Å². The monoisotopic (exact) mass is 269 g/mol. The van der Waals surface area contributed by atoms with Crippen molar-refractivity contribution in [2.24, 2.45) is 0 Å². The number of carbonyl (C=O) groups excluding carboxylic acids is 1. The van der Waals surface area contributed by atoms with Crippen LogP contribution in [-0.4, -0.2) is 12.6 Å². The van der Waals surface area contributed by atoms with Crippen LogP contribution in [0.1, 0.15) is 6.92 Å². The van der Waals surface area contributed by atoms with Crippen LogP contribution < -0.4 is 5.32 Å². The molecule has 0 unspecified atom stereocenters. The Balaban J connectivity index is 3.54. The molecule has 0 amide bonds. The van der Waals surface area contributed by atoms with Crippen molar-refractivity contribution in [2.75, 3.05) is 6.61 Å². The number of nitrogens with one attached hydrogen (secondary N) is 1. The number of hydrogen-bond donors (Lipinski definition) is 1. The molecule has 0 aromatic heterocycles. The first kappa shape index (κ1) is 14.3. The second-order valence-corrected chi connectivity index (χ2v) is 3.14. The van der Waals surface area contributed by atoms with Crippen LogP contribution in [0.5, 0.6) is 0 Å². The third-order valence-electron chi connectivity index (χ3n) is 2.04. The molecule has 98 valence electrons. The van der Waals surface area contributed by atoms with Crippen molar-refractivity contribution < 1.29 is 22.7 Å². The van der Waals surface area contributed by atoms with Gasteiger partial charge in [-0.25, -0.2) is 13.6 Å². The van der Waals surface area contributed by atoms with Crippen LogP contribution in [0, 0.1) is 22.7 Å². The average Bonchev–Trinajstić information content (AvgIpc) is 2.39. The zero-order valence-electron chi connectivity index (χ0n) is 9.55. The van der Waals surface area contributed by atoms with Gasteiger partial charge in [-0.1, -0.05) is 0 Å². The van der Waals surface area contributed by atoms with Gasteiger partial charge >= 0.3 is 5.97 Å². The van der Waals surface area contributed by atoms with Crippen LogP contribution >= 0.6 is 0 Å². The number of dihydropyridines is 1. The van der Waals surface area contributed by atoms with Crippen molar-refractivity contribution in [3.8, 4) is 12.1 Å². The van der Waals surface area contributed by atoms with Gasteiger partial charge in [0.15, 0.2) is 22.9 Å². The summed E-state index contributed by atoms with van der Waals surface area (Å²) in [7, 11) is 0. The topological polar surface area (TPSA) is 85.9 Å². The quantitative estimate of drug-likeness (QED) is 0.357. The van der Waals surface area contributed by atoms with E-state index in [1.807, 2.05) is 0 Å². The van der Waals surface area contributed by atoms with E-state index >= 15 is 0 Å². The first-order valence-electron chi connectivity index (χ1n) is 4.92. The summed E-state index contributed by atoms with van der Waals surface area (Å²) in [4.78, 5) is 11.4. The molecular weight excluding hydrogens is 263 g/mol. The highest BCUT2D eigenvalue weighted by molar-refractivity contribution is 5.95. The van der Waals surface area contributed by atoms with Gasteiger partial charge in [-0.2, -0.15) is 14.9 Å². The molecule has 0 radical (unpaired) electrons. The van der Waals surface area contributed by atoms with E-state index in [2.05, 4.69) is 4.74 Å². The summed E-state index contributed by atoms with van der Waals surface area (Å²) in [6.45, 7) is 1.28. The Morgan fingerprint density at radius 1 is 1.32 bits per heavy atom. The number of carbonyl (C=O) groups is 1. The third-order valence-corrected chi connectivity index (χ3v) is 2.04. The molecule has 1 rings (SSSR count). The maximum Gasteiger partial charge on any atom is 0.349 e. The highest BCUT2D eigenvalue weighted by atomic mass is 19.2. The number of nitrogens with zero attached hydrogens (tertiary/aromatic N) is 2. The first-order valence-corrected chi connectivity index (χ1v) is 4.92. The highest BCUT2D eigenvalue weighted by Crippen LogP contribution is 2.33. The van der Waals surface area contributed by atoms with E-state index in [1.165, 1.54) is 24.4 Å². The lowest BCUT2D eigenvalue weighted by molar-refractivity contribution is -0.138. The van der Waals surface area contributed by atoms with Crippen LogP contribution in [0.15, 0.2) is 34.4 Å². The van der Waals surface area contributed by atoms with E-state index < -0.39 is 40.4 Å². The molecule has 0 saturated carbocycles. The van der Waals surface area contributed by atoms with Gasteiger partial charge in [0.1, 0.15) is 12.1 Å². The Bertz CT molecular complexity index is 606. The molecule has 1 heterocycles. The maximum atomic E-state index is 13.7. The second-order valence-electron chi connectivity index (χ2n) is 3.14. The zero-order valence-corrected chi connectivity index (χ0v) is 9.55. The van der Waals surface area contributed by atoms with E-state index in [0.717, 1.165) is 0 Å². The molecule has 0 spiro atoms. The third kappa shape index (κ3) is 2.58. The van der Waals surface area contributed by atoms with Gasteiger partial charge in [0.25, 0.3) is 0 Å². The molecule has 0 atom stereocenters. The number of halogens is 3. The lowest BCUT2D eigenvalue weighted by Crippen LogP contribution is -2.20. The SMILES string of the molecule is CCOC(=O)C(C#N)=C1C(F)=C(F)NC(C#N)=C1F. The fourth-order valence-corrected chi connectivity index (χ4v) is 1.25. The molecular formula is C11H6F3N3O2. The largest absolute Gasteiger partial charge is 0.462 e. The minimum Gasteiger partial charge on any atom is -0.462 e. The van der Waals surface area contributed by atoms with Crippen molar-refractivity contribution in [3.05, 3.63) is 34.4 Å². The van der Waals surface area contributed by atoms with Crippen LogP contribution in [0.25, 0.3) is 0 Å². The van der Waals surface area contributed by atoms with Gasteiger partial charge < -0.3 is 10.1 Å². The Labute approximate surface area is 105 Å². The predicted molar refractivity (Wildman–Crippen MR) is 55.4 cm³/mol. The number of allylic oxidation sites excluding steroid dienone is 4. The summed E-state index contributed by atoms with van der Waals surface area (Å²) < 4.78 is 44.7. The standard InChI is InChI=1S/C11H6F3N3O2/c1-2-19-11(18)5(3-15)7-8(12)6(4-16)17-10(14)9(7)13/h17H,2H2,1H3. The Hall–Kier alpha value is -2.74. The molecule has 0 fully saturated rings. The molecule has 0 aliphatic carbocycles. The van der Waals surface area contributed by atoms with Crippen molar-refractivity contribution in [1.82, 2.24) is 5.32 Å². The van der Waals surface area contributed by atoms with Gasteiger partial charge in [-0.05, 0) is 6.92 Å². The summed E-state index contributed by atoms with van der Waals surface area (Å²) in [5.41, 5.74) is -3.22. The van der Waals surface area contributed by atoms with Gasteiger partial charge in [0, 0.05) is 0 Å². The summed E-state index contributed by atoms with van der Waals surface area (Å²) in [6, 6.07) is 2.48. The minimum atomic E-state index is -1.78. The summed E-state index contributed by atoms with van der Waals surface area (Å²) >= 11 is 0. The van der Waals surface area contributed by atoms with E-state index in [-0.39, 0.29) is 6.61 Å². The lowest BCUT2D eigenvalue weighted by atomic mass is 10.0. The summed E-state index contributed by atoms with van der Waals surface area (Å²) in [6.07, 6.45) is 0. The summed E-state index contributed by atoms with van der Waals surface area (Å²) in [5, 5.41) is 18.8. The second kappa shape index (κ2) is 5.74. The molecule has 0 bridgehead atoms. The molecule has 19 heavy (non-hydrogen) atoms. The van der Waals surface area contributed by atoms with E-state index in [1.54, 1.807) is 0 Å². The van der Waals surface area contributed by atoms with Gasteiger partial charge in [-0.15, -0.1) is 0 Å². The lowest BCUT2D eigenvalue weighted by Gasteiger charge is -2.14.